The highest BCUT2D eigenvalue weighted by Gasteiger charge is 2.36. The summed E-state index contributed by atoms with van der Waals surface area (Å²) in [4.78, 5) is 18.6. The van der Waals surface area contributed by atoms with Gasteiger partial charge in [0.15, 0.2) is 0 Å². The maximum absolute atomic E-state index is 13.0. The minimum atomic E-state index is -3.55. The molecule has 7 heteroatoms. The van der Waals surface area contributed by atoms with Crippen molar-refractivity contribution in [2.75, 3.05) is 6.54 Å². The van der Waals surface area contributed by atoms with Crippen LogP contribution in [-0.2, 0) is 26.9 Å². The lowest BCUT2D eigenvalue weighted by molar-refractivity contribution is -0.133. The number of amides is 1. The molecule has 27 heavy (non-hydrogen) atoms. The van der Waals surface area contributed by atoms with E-state index in [1.54, 1.807) is 6.20 Å². The molecule has 0 bridgehead atoms. The minimum absolute atomic E-state index is 0.0600. The van der Waals surface area contributed by atoms with E-state index in [-0.39, 0.29) is 28.8 Å². The second-order valence-corrected chi connectivity index (χ2v) is 9.39. The third kappa shape index (κ3) is 3.93. The second kappa shape index (κ2) is 7.11. The maximum atomic E-state index is 13.0. The normalized spacial score (nSPS) is 17.1. The van der Waals surface area contributed by atoms with E-state index < -0.39 is 9.84 Å². The van der Waals surface area contributed by atoms with E-state index >= 15 is 0 Å². The van der Waals surface area contributed by atoms with Crippen molar-refractivity contribution < 1.29 is 13.2 Å². The van der Waals surface area contributed by atoms with Crippen LogP contribution in [0.2, 0.25) is 0 Å². The first kappa shape index (κ1) is 18.2. The lowest BCUT2D eigenvalue weighted by Crippen LogP contribution is -2.32. The summed E-state index contributed by atoms with van der Waals surface area (Å²) in [5.74, 6) is 0.272. The summed E-state index contributed by atoms with van der Waals surface area (Å²) >= 11 is 0. The Labute approximate surface area is 160 Å². The van der Waals surface area contributed by atoms with E-state index in [0.29, 0.717) is 13.1 Å². The SMILES string of the molecule is CCN(Cc1cnc(S(=O)(=O)Cc2ccccc2)n1C1CC1)C(=O)C1CC1. The summed E-state index contributed by atoms with van der Waals surface area (Å²) < 4.78 is 27.9. The molecule has 0 N–H and O–H groups in total. The first-order valence-corrected chi connectivity index (χ1v) is 11.3. The molecule has 2 fully saturated rings. The van der Waals surface area contributed by atoms with Crippen LogP contribution in [0, 0.1) is 5.92 Å². The summed E-state index contributed by atoms with van der Waals surface area (Å²) in [6, 6.07) is 9.36. The van der Waals surface area contributed by atoms with Crippen molar-refractivity contribution in [3.63, 3.8) is 0 Å². The Morgan fingerprint density at radius 1 is 1.19 bits per heavy atom. The van der Waals surface area contributed by atoms with Gasteiger partial charge in [-0.2, -0.15) is 0 Å². The lowest BCUT2D eigenvalue weighted by atomic mass is 10.2. The van der Waals surface area contributed by atoms with Gasteiger partial charge < -0.3 is 9.47 Å². The standard InChI is InChI=1S/C20H25N3O3S/c1-2-22(19(24)16-8-9-16)13-18-12-21-20(23(18)17-10-11-17)27(25,26)14-15-6-4-3-5-7-15/h3-7,12,16-17H,2,8-11,13-14H2,1H3. The third-order valence-electron chi connectivity index (χ3n) is 5.20. The monoisotopic (exact) mass is 387 g/mol. The second-order valence-electron chi connectivity index (χ2n) is 7.50. The highest BCUT2D eigenvalue weighted by Crippen LogP contribution is 2.39. The summed E-state index contributed by atoms with van der Waals surface area (Å²) in [6.45, 7) is 3.01. The largest absolute Gasteiger partial charge is 0.337 e. The van der Waals surface area contributed by atoms with Gasteiger partial charge >= 0.3 is 0 Å². The zero-order chi connectivity index (χ0) is 19.0. The number of rotatable bonds is 8. The molecule has 2 aliphatic rings. The van der Waals surface area contributed by atoms with E-state index in [0.717, 1.165) is 36.9 Å². The van der Waals surface area contributed by atoms with Crippen LogP contribution in [0.4, 0.5) is 0 Å². The highest BCUT2D eigenvalue weighted by atomic mass is 32.2. The first-order valence-electron chi connectivity index (χ1n) is 9.61. The minimum Gasteiger partial charge on any atom is -0.337 e. The fourth-order valence-corrected chi connectivity index (χ4v) is 4.98. The predicted octanol–water partition coefficient (Wildman–Crippen LogP) is 2.95. The lowest BCUT2D eigenvalue weighted by Gasteiger charge is -2.22. The smallest absolute Gasteiger partial charge is 0.228 e. The van der Waals surface area contributed by atoms with Crippen LogP contribution in [-0.4, -0.2) is 35.3 Å². The van der Waals surface area contributed by atoms with Gasteiger partial charge in [0.25, 0.3) is 0 Å². The number of imidazole rings is 1. The van der Waals surface area contributed by atoms with Crippen molar-refractivity contribution in [2.45, 2.75) is 56.1 Å². The van der Waals surface area contributed by atoms with E-state index in [1.807, 2.05) is 46.7 Å². The van der Waals surface area contributed by atoms with E-state index in [9.17, 15) is 13.2 Å². The molecule has 1 aromatic heterocycles. The van der Waals surface area contributed by atoms with Gasteiger partial charge in [-0.1, -0.05) is 30.3 Å². The van der Waals surface area contributed by atoms with Crippen molar-refractivity contribution in [3.05, 3.63) is 47.8 Å². The van der Waals surface area contributed by atoms with Gasteiger partial charge in [0.2, 0.25) is 20.9 Å². The molecule has 0 saturated heterocycles. The van der Waals surface area contributed by atoms with Crippen LogP contribution in [0.1, 0.15) is 49.9 Å². The number of nitrogens with zero attached hydrogens (tertiary/aromatic N) is 3. The Morgan fingerprint density at radius 3 is 2.48 bits per heavy atom. The van der Waals surface area contributed by atoms with Gasteiger partial charge in [-0.3, -0.25) is 4.79 Å². The maximum Gasteiger partial charge on any atom is 0.228 e. The number of carbonyl (C=O) groups is 1. The molecule has 1 amide bonds. The average Bonchev–Trinajstić information content (AvgIpc) is 3.57. The van der Waals surface area contributed by atoms with Gasteiger partial charge in [-0.25, -0.2) is 13.4 Å². The fraction of sp³-hybridized carbons (Fsp3) is 0.500. The summed E-state index contributed by atoms with van der Waals surface area (Å²) in [5.41, 5.74) is 1.57. The Balaban J connectivity index is 1.61. The Kier molecular flexibility index (Phi) is 4.80. The Morgan fingerprint density at radius 2 is 1.89 bits per heavy atom. The molecule has 1 aromatic carbocycles. The molecule has 0 radical (unpaired) electrons. The van der Waals surface area contributed by atoms with Gasteiger partial charge in [-0.15, -0.1) is 0 Å². The van der Waals surface area contributed by atoms with Crippen molar-refractivity contribution >= 4 is 15.7 Å². The molecular weight excluding hydrogens is 362 g/mol. The third-order valence-corrected chi connectivity index (χ3v) is 6.77. The molecule has 144 valence electrons. The van der Waals surface area contributed by atoms with Crippen molar-refractivity contribution in [1.82, 2.24) is 14.5 Å². The van der Waals surface area contributed by atoms with Gasteiger partial charge in [0.05, 0.1) is 24.2 Å². The van der Waals surface area contributed by atoms with Gasteiger partial charge in [0.1, 0.15) is 0 Å². The molecule has 0 unspecified atom stereocenters. The first-order chi connectivity index (χ1) is 13.0. The zero-order valence-corrected chi connectivity index (χ0v) is 16.4. The Hall–Kier alpha value is -2.15. The van der Waals surface area contributed by atoms with E-state index in [2.05, 4.69) is 4.98 Å². The van der Waals surface area contributed by atoms with Crippen LogP contribution in [0.5, 0.6) is 0 Å². The van der Waals surface area contributed by atoms with Crippen molar-refractivity contribution in [2.24, 2.45) is 5.92 Å². The molecule has 4 rings (SSSR count). The quantitative estimate of drug-likeness (QED) is 0.698. The summed E-state index contributed by atoms with van der Waals surface area (Å²) in [5, 5.41) is 0.138. The number of sulfone groups is 1. The van der Waals surface area contributed by atoms with Gasteiger partial charge in [-0.05, 0) is 38.2 Å². The summed E-state index contributed by atoms with van der Waals surface area (Å²) in [6.07, 6.45) is 5.49. The number of carbonyl (C=O) groups excluding carboxylic acids is 1. The van der Waals surface area contributed by atoms with Crippen LogP contribution in [0.3, 0.4) is 0 Å². The fourth-order valence-electron chi connectivity index (χ4n) is 3.44. The number of benzene rings is 1. The highest BCUT2D eigenvalue weighted by molar-refractivity contribution is 7.90. The van der Waals surface area contributed by atoms with Crippen LogP contribution in [0.25, 0.3) is 0 Å². The predicted molar refractivity (Wildman–Crippen MR) is 102 cm³/mol. The molecular formula is C20H25N3O3S. The molecule has 0 spiro atoms. The molecule has 2 saturated carbocycles. The Bertz CT molecular complexity index is 929. The van der Waals surface area contributed by atoms with Crippen LogP contribution in [0.15, 0.2) is 41.7 Å². The van der Waals surface area contributed by atoms with E-state index in [4.69, 9.17) is 0 Å². The van der Waals surface area contributed by atoms with Crippen molar-refractivity contribution in [1.29, 1.82) is 0 Å². The van der Waals surface area contributed by atoms with E-state index in [1.165, 1.54) is 0 Å². The van der Waals surface area contributed by atoms with Crippen molar-refractivity contribution in [3.8, 4) is 0 Å². The van der Waals surface area contributed by atoms with Crippen LogP contribution >= 0.6 is 0 Å². The summed E-state index contributed by atoms with van der Waals surface area (Å²) in [7, 11) is -3.55. The zero-order valence-electron chi connectivity index (χ0n) is 15.5. The molecule has 2 aromatic rings. The number of hydrogen-bond acceptors (Lipinski definition) is 4. The molecule has 0 atom stereocenters. The molecule has 2 aliphatic carbocycles. The average molecular weight is 388 g/mol. The topological polar surface area (TPSA) is 72.3 Å². The van der Waals surface area contributed by atoms with Gasteiger partial charge in [0, 0.05) is 18.5 Å². The molecule has 0 aliphatic heterocycles. The molecule has 6 nitrogen and oxygen atoms in total. The molecule has 1 heterocycles. The number of hydrogen-bond donors (Lipinski definition) is 0. The van der Waals surface area contributed by atoms with Crippen LogP contribution < -0.4 is 0 Å². The number of aromatic nitrogens is 2.